The minimum absolute atomic E-state index is 0.0972. The first-order chi connectivity index (χ1) is 20.1. The van der Waals surface area contributed by atoms with Crippen LogP contribution in [-0.4, -0.2) is 65.0 Å². The molecule has 1 saturated carbocycles. The molecule has 3 heterocycles. The van der Waals surface area contributed by atoms with Crippen molar-refractivity contribution in [1.82, 2.24) is 20.6 Å². The summed E-state index contributed by atoms with van der Waals surface area (Å²) < 4.78 is 5.34. The molecule has 0 bridgehead atoms. The predicted molar refractivity (Wildman–Crippen MR) is 164 cm³/mol. The molecule has 2 amide bonds. The van der Waals surface area contributed by atoms with Gasteiger partial charge in [0.2, 0.25) is 0 Å². The number of amides is 2. The van der Waals surface area contributed by atoms with Crippen molar-refractivity contribution in [3.05, 3.63) is 54.2 Å². The Kier molecular flexibility index (Phi) is 9.26. The van der Waals surface area contributed by atoms with Gasteiger partial charge in [-0.05, 0) is 95.4 Å². The molecule has 224 valence electrons. The minimum Gasteiger partial charge on any atom is -0.444 e. The van der Waals surface area contributed by atoms with Crippen molar-refractivity contribution in [2.24, 2.45) is 11.8 Å². The van der Waals surface area contributed by atoms with Gasteiger partial charge in [0.05, 0.1) is 22.9 Å². The van der Waals surface area contributed by atoms with Gasteiger partial charge in [-0.1, -0.05) is 18.2 Å². The predicted octanol–water partition coefficient (Wildman–Crippen LogP) is 5.32. The van der Waals surface area contributed by atoms with Crippen molar-refractivity contribution < 1.29 is 19.4 Å². The number of fused-ring (bicyclic) bond motifs is 1. The van der Waals surface area contributed by atoms with E-state index in [-0.39, 0.29) is 18.1 Å². The number of aliphatic hydroxyl groups excluding tert-OH is 1. The molecular weight excluding hydrogens is 530 g/mol. The third-order valence-corrected chi connectivity index (χ3v) is 8.24. The fraction of sp³-hybridized carbons (Fsp3) is 0.515. The van der Waals surface area contributed by atoms with E-state index in [1.54, 1.807) is 0 Å². The van der Waals surface area contributed by atoms with E-state index in [1.165, 1.54) is 0 Å². The first-order valence-electron chi connectivity index (χ1n) is 15.2. The van der Waals surface area contributed by atoms with Crippen molar-refractivity contribution in [1.29, 1.82) is 0 Å². The second-order valence-electron chi connectivity index (χ2n) is 12.7. The van der Waals surface area contributed by atoms with Crippen LogP contribution in [0.3, 0.4) is 0 Å². The highest BCUT2D eigenvalue weighted by Gasteiger charge is 2.24. The summed E-state index contributed by atoms with van der Waals surface area (Å²) in [5.74, 6) is 1.63. The molecular formula is C33H43N5O4. The van der Waals surface area contributed by atoms with E-state index in [4.69, 9.17) is 9.72 Å². The molecule has 0 radical (unpaired) electrons. The number of ether oxygens (including phenoxy) is 1. The number of aliphatic hydroxyl groups is 1. The molecule has 9 heteroatoms. The lowest BCUT2D eigenvalue weighted by molar-refractivity contribution is 0.0512. The Morgan fingerprint density at radius 3 is 2.26 bits per heavy atom. The number of alkyl carbamates (subject to hydrolysis) is 1. The number of hydrogen-bond acceptors (Lipinski definition) is 7. The van der Waals surface area contributed by atoms with E-state index in [9.17, 15) is 14.7 Å². The van der Waals surface area contributed by atoms with Crippen LogP contribution in [0.25, 0.3) is 22.2 Å². The van der Waals surface area contributed by atoms with Gasteiger partial charge < -0.3 is 25.4 Å². The number of benzene rings is 1. The maximum Gasteiger partial charge on any atom is 0.407 e. The lowest BCUT2D eigenvalue weighted by Crippen LogP contribution is -2.37. The summed E-state index contributed by atoms with van der Waals surface area (Å²) in [5, 5.41) is 16.7. The van der Waals surface area contributed by atoms with Gasteiger partial charge in [-0.25, -0.2) is 14.8 Å². The number of carbonyl (C=O) groups excluding carboxylic acids is 2. The molecule has 1 aliphatic carbocycles. The van der Waals surface area contributed by atoms with Gasteiger partial charge in [0.25, 0.3) is 5.91 Å². The fourth-order valence-corrected chi connectivity index (χ4v) is 5.84. The molecule has 2 fully saturated rings. The maximum atomic E-state index is 13.5. The number of para-hydroxylation sites is 1. The van der Waals surface area contributed by atoms with Gasteiger partial charge in [0.15, 0.2) is 0 Å². The van der Waals surface area contributed by atoms with Crippen LogP contribution in [0.4, 0.5) is 10.6 Å². The lowest BCUT2D eigenvalue weighted by atomic mass is 9.82. The summed E-state index contributed by atoms with van der Waals surface area (Å²) in [4.78, 5) is 37.2. The number of nitrogens with one attached hydrogen (secondary N) is 2. The Morgan fingerprint density at radius 1 is 0.952 bits per heavy atom. The molecule has 3 N–H and O–H groups in total. The minimum atomic E-state index is -0.499. The van der Waals surface area contributed by atoms with Crippen molar-refractivity contribution in [3.8, 4) is 11.3 Å². The summed E-state index contributed by atoms with van der Waals surface area (Å²) >= 11 is 0. The molecule has 42 heavy (non-hydrogen) atoms. The van der Waals surface area contributed by atoms with E-state index in [1.807, 2.05) is 69.4 Å². The zero-order valence-electron chi connectivity index (χ0n) is 24.9. The maximum absolute atomic E-state index is 13.5. The zero-order chi connectivity index (χ0) is 29.7. The van der Waals surface area contributed by atoms with Crippen molar-refractivity contribution >= 4 is 28.7 Å². The number of pyridine rings is 2. The Hall–Kier alpha value is -3.72. The molecule has 0 spiro atoms. The third-order valence-electron chi connectivity index (χ3n) is 8.24. The van der Waals surface area contributed by atoms with Crippen LogP contribution in [0.15, 0.2) is 48.7 Å². The molecule has 3 aromatic rings. The summed E-state index contributed by atoms with van der Waals surface area (Å²) in [6, 6.07) is 13.6. The van der Waals surface area contributed by atoms with Crippen molar-refractivity contribution in [2.45, 2.75) is 71.0 Å². The van der Waals surface area contributed by atoms with Crippen LogP contribution in [0.2, 0.25) is 0 Å². The largest absolute Gasteiger partial charge is 0.444 e. The summed E-state index contributed by atoms with van der Waals surface area (Å²) in [7, 11) is 0. The highest BCUT2D eigenvalue weighted by Crippen LogP contribution is 2.29. The van der Waals surface area contributed by atoms with E-state index in [0.29, 0.717) is 36.2 Å². The van der Waals surface area contributed by atoms with Gasteiger partial charge in [0.1, 0.15) is 11.4 Å². The van der Waals surface area contributed by atoms with Gasteiger partial charge in [-0.15, -0.1) is 0 Å². The third kappa shape index (κ3) is 7.76. The molecule has 2 aromatic heterocycles. The normalized spacial score (nSPS) is 19.9. The number of nitrogens with zero attached hydrogens (tertiary/aromatic N) is 3. The number of anilines is 1. The van der Waals surface area contributed by atoms with Crippen molar-refractivity contribution in [2.75, 3.05) is 31.1 Å². The summed E-state index contributed by atoms with van der Waals surface area (Å²) in [6.07, 6.45) is 6.77. The number of aromatic nitrogens is 2. The van der Waals surface area contributed by atoms with Crippen LogP contribution in [0, 0.1) is 11.8 Å². The Morgan fingerprint density at radius 2 is 1.62 bits per heavy atom. The van der Waals surface area contributed by atoms with E-state index < -0.39 is 5.60 Å². The molecule has 0 unspecified atom stereocenters. The second-order valence-corrected chi connectivity index (χ2v) is 12.7. The van der Waals surface area contributed by atoms with Gasteiger partial charge in [-0.2, -0.15) is 0 Å². The quantitative estimate of drug-likeness (QED) is 0.350. The molecule has 0 atom stereocenters. The van der Waals surface area contributed by atoms with Crippen LogP contribution < -0.4 is 15.5 Å². The van der Waals surface area contributed by atoms with Crippen molar-refractivity contribution in [3.63, 3.8) is 0 Å². The Balaban J connectivity index is 1.19. The SMILES string of the molecule is CC(C)(C)OC(=O)NCC1CCC(CNC(=O)c2cc(-c3ccc(N4CCC(O)CC4)nc3)nc3ccccc23)CC1. The molecule has 1 aromatic carbocycles. The van der Waals surface area contributed by atoms with Crippen LogP contribution in [0.1, 0.15) is 69.7 Å². The number of rotatable bonds is 7. The first kappa shape index (κ1) is 29.8. The fourth-order valence-electron chi connectivity index (χ4n) is 5.84. The summed E-state index contributed by atoms with van der Waals surface area (Å²) in [6.45, 7) is 8.40. The summed E-state index contributed by atoms with van der Waals surface area (Å²) in [5.41, 5.74) is 2.45. The molecule has 9 nitrogen and oxygen atoms in total. The van der Waals surface area contributed by atoms with Crippen LogP contribution in [-0.2, 0) is 4.74 Å². The second kappa shape index (κ2) is 13.1. The molecule has 2 aliphatic rings. The van der Waals surface area contributed by atoms with E-state index in [0.717, 1.165) is 73.9 Å². The highest BCUT2D eigenvalue weighted by molar-refractivity contribution is 6.07. The molecule has 1 saturated heterocycles. The van der Waals surface area contributed by atoms with Crippen LogP contribution in [0.5, 0.6) is 0 Å². The van der Waals surface area contributed by atoms with Gasteiger partial charge in [0, 0.05) is 43.3 Å². The monoisotopic (exact) mass is 573 g/mol. The lowest BCUT2D eigenvalue weighted by Gasteiger charge is -2.30. The van der Waals surface area contributed by atoms with E-state index >= 15 is 0 Å². The number of piperidine rings is 1. The smallest absolute Gasteiger partial charge is 0.407 e. The highest BCUT2D eigenvalue weighted by atomic mass is 16.6. The Labute approximate surface area is 248 Å². The average molecular weight is 574 g/mol. The van der Waals surface area contributed by atoms with Crippen LogP contribution >= 0.6 is 0 Å². The Bertz CT molecular complexity index is 1370. The average Bonchev–Trinajstić information content (AvgIpc) is 2.98. The van der Waals surface area contributed by atoms with Gasteiger partial charge >= 0.3 is 6.09 Å². The standard InChI is InChI=1S/C33H43N5O4/c1-33(2,3)42-32(41)36-20-23-10-8-22(9-11-23)19-35-31(40)27-18-29(37-28-7-5-4-6-26(27)28)24-12-13-30(34-21-24)38-16-14-25(39)15-17-38/h4-7,12-13,18,21-23,25,39H,8-11,14-17,19-20H2,1-3H3,(H,35,40)(H,36,41). The topological polar surface area (TPSA) is 117 Å². The number of hydrogen-bond donors (Lipinski definition) is 3. The molecule has 1 aliphatic heterocycles. The van der Waals surface area contributed by atoms with E-state index in [2.05, 4.69) is 20.5 Å². The molecule has 5 rings (SSSR count). The van der Waals surface area contributed by atoms with Gasteiger partial charge in [-0.3, -0.25) is 4.79 Å². The first-order valence-corrected chi connectivity index (χ1v) is 15.2. The number of carbonyl (C=O) groups is 2. The zero-order valence-corrected chi connectivity index (χ0v) is 24.9.